The highest BCUT2D eigenvalue weighted by Gasteiger charge is 2.37. The van der Waals surface area contributed by atoms with E-state index >= 15 is 0 Å². The third kappa shape index (κ3) is 8.24. The maximum absolute atomic E-state index is 5.53. The lowest BCUT2D eigenvalue weighted by Gasteiger charge is -2.23. The Hall–Kier alpha value is -7.72. The lowest BCUT2D eigenvalue weighted by Crippen LogP contribution is -2.15. The second-order valence-electron chi connectivity index (χ2n) is 22.5. The van der Waals surface area contributed by atoms with Crippen molar-refractivity contribution in [1.82, 2.24) is 0 Å². The number of anilines is 3. The van der Waals surface area contributed by atoms with Crippen LogP contribution in [-0.4, -0.2) is 0 Å². The monoisotopic (exact) mass is 1030 g/mol. The lowest BCUT2D eigenvalue weighted by molar-refractivity contribution is 0.661. The zero-order valence-electron chi connectivity index (χ0n) is 44.2. The van der Waals surface area contributed by atoms with E-state index in [0.717, 1.165) is 21.5 Å². The average Bonchev–Trinajstić information content (AvgIpc) is 3.82. The smallest absolute Gasteiger partial charge is 0.0387 e. The van der Waals surface area contributed by atoms with Crippen molar-refractivity contribution in [1.29, 1.82) is 0 Å². The number of halogens is 1. The van der Waals surface area contributed by atoms with Crippen LogP contribution in [0, 0.1) is 0 Å². The third-order valence-corrected chi connectivity index (χ3v) is 17.0. The molecule has 75 heavy (non-hydrogen) atoms. The Morgan fingerprint density at radius 3 is 1.05 bits per heavy atom. The largest absolute Gasteiger partial charge is 0.399 e. The molecular weight excluding hydrogens is 973 g/mol. The number of fused-ring (bicyclic) bond motifs is 18. The molecule has 0 bridgehead atoms. The molecule has 3 heteroatoms. The molecule has 0 fully saturated rings. The van der Waals surface area contributed by atoms with Crippen molar-refractivity contribution in [2.45, 2.75) is 78.1 Å². The van der Waals surface area contributed by atoms with Crippen LogP contribution in [0.4, 0.5) is 17.1 Å². The van der Waals surface area contributed by atoms with Crippen molar-refractivity contribution in [3.05, 3.63) is 244 Å². The van der Waals surface area contributed by atoms with E-state index in [1.807, 2.05) is 12.1 Å². The van der Waals surface area contributed by atoms with E-state index < -0.39 is 0 Å². The van der Waals surface area contributed by atoms with Crippen LogP contribution in [0.2, 0.25) is 0 Å². The number of nitrogen functional groups attached to an aromatic ring is 1. The van der Waals surface area contributed by atoms with E-state index in [9.17, 15) is 0 Å². The number of nitrogens with one attached hydrogen (secondary N) is 1. The molecule has 0 saturated heterocycles. The first kappa shape index (κ1) is 48.2. The normalized spacial score (nSPS) is 13.6. The molecule has 2 aliphatic carbocycles. The second kappa shape index (κ2) is 18.6. The molecular formula is C72H63BrN2. The molecule has 0 aromatic heterocycles. The predicted molar refractivity (Wildman–Crippen MR) is 330 cm³/mol. The summed E-state index contributed by atoms with van der Waals surface area (Å²) in [5, 5.41) is 19.7. The molecule has 0 unspecified atom stereocenters. The van der Waals surface area contributed by atoms with Crippen LogP contribution < -0.4 is 11.1 Å². The number of hydrogen-bond donors (Lipinski definition) is 2. The van der Waals surface area contributed by atoms with Crippen molar-refractivity contribution in [3.63, 3.8) is 0 Å². The summed E-state index contributed by atoms with van der Waals surface area (Å²) in [6.07, 6.45) is 0. The summed E-state index contributed by atoms with van der Waals surface area (Å²) in [4.78, 5) is 0. The highest BCUT2D eigenvalue weighted by Crippen LogP contribution is 2.54. The first-order chi connectivity index (χ1) is 36.2. The van der Waals surface area contributed by atoms with Gasteiger partial charge in [0.15, 0.2) is 0 Å². The van der Waals surface area contributed by atoms with Gasteiger partial charge in [0, 0.05) is 32.4 Å². The van der Waals surface area contributed by atoms with E-state index in [2.05, 4.69) is 271 Å². The number of benzene rings is 12. The van der Waals surface area contributed by atoms with Crippen LogP contribution in [0.15, 0.2) is 211 Å². The molecule has 0 atom stereocenters. The van der Waals surface area contributed by atoms with Gasteiger partial charge in [0.05, 0.1) is 0 Å². The van der Waals surface area contributed by atoms with Gasteiger partial charge in [-0.05, 0) is 205 Å². The van der Waals surface area contributed by atoms with Crippen molar-refractivity contribution in [3.8, 4) is 22.3 Å². The predicted octanol–water partition coefficient (Wildman–Crippen LogP) is 20.9. The molecule has 0 saturated carbocycles. The SMILES string of the molecule is CC(C)c1ccc(N)cc1.CC(C)c1ccc(Nc2ccc3c(c2)C(C)(C)c2cc4c5ccccc5c5ccccc5c4cc2-3)cc1.CC1(C)c2cc(Br)ccc2-c2cc3c4ccccc4c4ccccc4c3cc21. The summed E-state index contributed by atoms with van der Waals surface area (Å²) in [5.74, 6) is 1.14. The zero-order chi connectivity index (χ0) is 51.9. The van der Waals surface area contributed by atoms with E-state index in [4.69, 9.17) is 5.73 Å². The zero-order valence-corrected chi connectivity index (χ0v) is 45.8. The number of rotatable bonds is 4. The highest BCUT2D eigenvalue weighted by molar-refractivity contribution is 9.10. The molecule has 0 spiro atoms. The lowest BCUT2D eigenvalue weighted by atomic mass is 9.81. The molecule has 0 radical (unpaired) electrons. The third-order valence-electron chi connectivity index (χ3n) is 16.5. The Balaban J connectivity index is 0.000000131. The van der Waals surface area contributed by atoms with Crippen LogP contribution in [0.5, 0.6) is 0 Å². The fraction of sp³-hybridized carbons (Fsp3) is 0.167. The standard InChI is InChI=1S/C36H31N.C27H19Br.C9H13N/c1-22(2)23-13-15-24(16-14-23)37-25-17-18-30-33-20-31-28-11-7-5-9-26(28)27-10-6-8-12-29(27)32(31)21-35(33)36(3,4)34(30)19-25;1-27(2)25-13-16(28)11-12-21(25)24-14-22-19-9-5-3-7-17(19)18-8-4-6-10-20(18)23(22)15-26(24)27;1-7(2)8-3-5-9(10)6-4-8/h5-22,37H,1-4H3;3-15H,1-2H3;3-7H,10H2,1-2H3. The molecule has 0 amide bonds. The summed E-state index contributed by atoms with van der Waals surface area (Å²) < 4.78 is 1.15. The second-order valence-corrected chi connectivity index (χ2v) is 23.4. The molecule has 3 N–H and O–H groups in total. The van der Waals surface area contributed by atoms with Gasteiger partial charge in [-0.15, -0.1) is 0 Å². The minimum absolute atomic E-state index is 0.00458. The van der Waals surface area contributed by atoms with E-state index in [1.165, 1.54) is 120 Å². The van der Waals surface area contributed by atoms with Gasteiger partial charge in [0.2, 0.25) is 0 Å². The van der Waals surface area contributed by atoms with Crippen LogP contribution in [0.1, 0.15) is 101 Å². The Morgan fingerprint density at radius 2 is 0.653 bits per heavy atom. The van der Waals surface area contributed by atoms with Gasteiger partial charge in [-0.3, -0.25) is 0 Å². The van der Waals surface area contributed by atoms with Gasteiger partial charge in [-0.1, -0.05) is 205 Å². The fourth-order valence-corrected chi connectivity index (χ4v) is 12.7. The molecule has 0 heterocycles. The summed E-state index contributed by atoms with van der Waals surface area (Å²) in [6, 6.07) is 75.5. The molecule has 2 nitrogen and oxygen atoms in total. The van der Waals surface area contributed by atoms with Gasteiger partial charge in [-0.2, -0.15) is 0 Å². The molecule has 12 aromatic carbocycles. The number of nitrogens with two attached hydrogens (primary N) is 1. The topological polar surface area (TPSA) is 38.0 Å². The maximum atomic E-state index is 5.53. The van der Waals surface area contributed by atoms with E-state index in [1.54, 1.807) is 0 Å². The van der Waals surface area contributed by atoms with Crippen LogP contribution in [0.25, 0.3) is 86.9 Å². The van der Waals surface area contributed by atoms with Gasteiger partial charge in [-0.25, -0.2) is 0 Å². The summed E-state index contributed by atoms with van der Waals surface area (Å²) in [6.45, 7) is 18.2. The molecule has 0 aliphatic heterocycles. The van der Waals surface area contributed by atoms with E-state index in [0.29, 0.717) is 11.8 Å². The van der Waals surface area contributed by atoms with E-state index in [-0.39, 0.29) is 10.8 Å². The Labute approximate surface area is 450 Å². The van der Waals surface area contributed by atoms with Crippen molar-refractivity contribution >= 4 is 97.6 Å². The Morgan fingerprint density at radius 1 is 0.333 bits per heavy atom. The van der Waals surface area contributed by atoms with Gasteiger partial charge in [0.25, 0.3) is 0 Å². The minimum atomic E-state index is -0.0786. The first-order valence-corrected chi connectivity index (χ1v) is 27.4. The van der Waals surface area contributed by atoms with Crippen molar-refractivity contribution < 1.29 is 0 Å². The summed E-state index contributed by atoms with van der Waals surface area (Å²) >= 11 is 3.67. The van der Waals surface area contributed by atoms with Gasteiger partial charge in [0.1, 0.15) is 0 Å². The Kier molecular flexibility index (Phi) is 12.0. The first-order valence-electron chi connectivity index (χ1n) is 26.6. The van der Waals surface area contributed by atoms with Crippen LogP contribution in [0.3, 0.4) is 0 Å². The highest BCUT2D eigenvalue weighted by atomic mass is 79.9. The molecule has 14 rings (SSSR count). The summed E-state index contributed by atoms with van der Waals surface area (Å²) in [7, 11) is 0. The maximum Gasteiger partial charge on any atom is 0.0387 e. The van der Waals surface area contributed by atoms with Gasteiger partial charge < -0.3 is 11.1 Å². The quantitative estimate of drug-likeness (QED) is 0.136. The molecule has 368 valence electrons. The summed E-state index contributed by atoms with van der Waals surface area (Å²) in [5.41, 5.74) is 22.3. The molecule has 12 aromatic rings. The van der Waals surface area contributed by atoms with Gasteiger partial charge >= 0.3 is 0 Å². The van der Waals surface area contributed by atoms with Crippen LogP contribution in [-0.2, 0) is 10.8 Å². The Bertz CT molecular complexity index is 4220. The minimum Gasteiger partial charge on any atom is -0.399 e. The fourth-order valence-electron chi connectivity index (χ4n) is 12.3. The average molecular weight is 1040 g/mol. The van der Waals surface area contributed by atoms with Crippen molar-refractivity contribution in [2.75, 3.05) is 11.1 Å². The number of hydrogen-bond acceptors (Lipinski definition) is 2. The molecule has 2 aliphatic rings. The van der Waals surface area contributed by atoms with Crippen LogP contribution >= 0.6 is 15.9 Å². The van der Waals surface area contributed by atoms with Crippen molar-refractivity contribution in [2.24, 2.45) is 0 Å².